The van der Waals surface area contributed by atoms with E-state index in [1.807, 2.05) is 0 Å². The number of carbonyl (C=O) groups excluding carboxylic acids is 1. The van der Waals surface area contributed by atoms with Crippen LogP contribution in [-0.4, -0.2) is 35.7 Å². The largest absolute Gasteiger partial charge is 0.479 e. The molecule has 0 aliphatic carbocycles. The summed E-state index contributed by atoms with van der Waals surface area (Å²) >= 11 is 0. The van der Waals surface area contributed by atoms with Crippen LogP contribution in [0.4, 0.5) is 0 Å². The summed E-state index contributed by atoms with van der Waals surface area (Å²) in [7, 11) is 0. The number of aliphatic carboxylic acids is 1. The summed E-state index contributed by atoms with van der Waals surface area (Å²) in [6.07, 6.45) is 0.389. The molecule has 1 aliphatic heterocycles. The summed E-state index contributed by atoms with van der Waals surface area (Å²) in [5, 5.41) is 11.7. The van der Waals surface area contributed by atoms with Crippen LogP contribution in [0.2, 0.25) is 0 Å². The summed E-state index contributed by atoms with van der Waals surface area (Å²) in [4.78, 5) is 23.3. The third-order valence-corrected chi connectivity index (χ3v) is 3.16. The molecule has 4 N–H and O–H groups in total. The predicted molar refractivity (Wildman–Crippen MR) is 67.3 cm³/mol. The Kier molecular flexibility index (Phi) is 3.82. The van der Waals surface area contributed by atoms with Crippen LogP contribution < -0.4 is 11.1 Å². The topological polar surface area (TPSA) is 102 Å². The standard InChI is InChI=1S/C13H16N2O4/c14-13(6-7-19-8-13)12(18)15-10(11(16)17)9-4-2-1-3-5-9/h1-5,10H,6-8,14H2,(H,15,18)(H,16,17). The summed E-state index contributed by atoms with van der Waals surface area (Å²) in [5.41, 5.74) is 5.27. The molecule has 0 spiro atoms. The average Bonchev–Trinajstić information content (AvgIpc) is 2.84. The molecule has 2 unspecified atom stereocenters. The fourth-order valence-electron chi connectivity index (χ4n) is 1.97. The van der Waals surface area contributed by atoms with E-state index in [0.717, 1.165) is 0 Å². The maximum absolute atomic E-state index is 12.1. The molecule has 1 fully saturated rings. The van der Waals surface area contributed by atoms with Gasteiger partial charge in [0.15, 0.2) is 6.04 Å². The predicted octanol–water partition coefficient (Wildman–Crippen LogP) is 0.0463. The number of ether oxygens (including phenoxy) is 1. The van der Waals surface area contributed by atoms with Crippen LogP contribution in [0.3, 0.4) is 0 Å². The van der Waals surface area contributed by atoms with Crippen LogP contribution in [0.15, 0.2) is 30.3 Å². The van der Waals surface area contributed by atoms with E-state index in [-0.39, 0.29) is 6.61 Å². The van der Waals surface area contributed by atoms with Crippen LogP contribution in [0.1, 0.15) is 18.0 Å². The van der Waals surface area contributed by atoms with Crippen LogP contribution in [-0.2, 0) is 14.3 Å². The first-order valence-electron chi connectivity index (χ1n) is 5.98. The van der Waals surface area contributed by atoms with Gasteiger partial charge in [0.1, 0.15) is 5.54 Å². The number of nitrogens with two attached hydrogens (primary N) is 1. The van der Waals surface area contributed by atoms with Crippen molar-refractivity contribution in [3.8, 4) is 0 Å². The Morgan fingerprint density at radius 2 is 2.05 bits per heavy atom. The van der Waals surface area contributed by atoms with Crippen molar-refractivity contribution in [1.29, 1.82) is 0 Å². The lowest BCUT2D eigenvalue weighted by Gasteiger charge is -2.23. The third kappa shape index (κ3) is 2.91. The van der Waals surface area contributed by atoms with E-state index in [1.165, 1.54) is 0 Å². The van der Waals surface area contributed by atoms with E-state index in [1.54, 1.807) is 30.3 Å². The first kappa shape index (κ1) is 13.5. The number of hydrogen-bond donors (Lipinski definition) is 3. The summed E-state index contributed by atoms with van der Waals surface area (Å²) in [6, 6.07) is 7.40. The van der Waals surface area contributed by atoms with Crippen LogP contribution >= 0.6 is 0 Å². The zero-order valence-corrected chi connectivity index (χ0v) is 10.3. The lowest BCUT2D eigenvalue weighted by atomic mass is 9.97. The second-order valence-corrected chi connectivity index (χ2v) is 4.61. The lowest BCUT2D eigenvalue weighted by molar-refractivity contribution is -0.143. The maximum atomic E-state index is 12.1. The molecule has 6 nitrogen and oxygen atoms in total. The molecule has 1 aromatic rings. The molecule has 1 amide bonds. The quantitative estimate of drug-likeness (QED) is 0.713. The molecule has 19 heavy (non-hydrogen) atoms. The normalized spacial score (nSPS) is 23.8. The van der Waals surface area contributed by atoms with Crippen LogP contribution in [0, 0.1) is 0 Å². The summed E-state index contributed by atoms with van der Waals surface area (Å²) in [5.74, 6) is -1.62. The maximum Gasteiger partial charge on any atom is 0.330 e. The molecule has 102 valence electrons. The number of benzene rings is 1. The van der Waals surface area contributed by atoms with Gasteiger partial charge >= 0.3 is 5.97 Å². The molecule has 1 saturated heterocycles. The summed E-state index contributed by atoms with van der Waals surface area (Å²) in [6.45, 7) is 0.521. The fourth-order valence-corrected chi connectivity index (χ4v) is 1.97. The van der Waals surface area contributed by atoms with Gasteiger partial charge in [-0.05, 0) is 12.0 Å². The molecule has 1 aliphatic rings. The zero-order valence-electron chi connectivity index (χ0n) is 10.3. The monoisotopic (exact) mass is 264 g/mol. The van der Waals surface area contributed by atoms with Crippen molar-refractivity contribution >= 4 is 11.9 Å². The SMILES string of the molecule is NC1(C(=O)NC(C(=O)O)c2ccccc2)CCOC1. The Balaban J connectivity index is 2.14. The molecule has 0 bridgehead atoms. The smallest absolute Gasteiger partial charge is 0.330 e. The van der Waals surface area contributed by atoms with E-state index in [4.69, 9.17) is 10.5 Å². The number of carboxylic acid groups (broad SMARTS) is 1. The van der Waals surface area contributed by atoms with Crippen LogP contribution in [0.25, 0.3) is 0 Å². The van der Waals surface area contributed by atoms with Crippen molar-refractivity contribution in [1.82, 2.24) is 5.32 Å². The van der Waals surface area contributed by atoms with Gasteiger partial charge in [0.25, 0.3) is 0 Å². The number of carboxylic acids is 1. The van der Waals surface area contributed by atoms with Crippen molar-refractivity contribution in [3.05, 3.63) is 35.9 Å². The Bertz CT molecular complexity index is 469. The van der Waals surface area contributed by atoms with Gasteiger partial charge in [-0.15, -0.1) is 0 Å². The highest BCUT2D eigenvalue weighted by Crippen LogP contribution is 2.19. The molecule has 0 radical (unpaired) electrons. The highest BCUT2D eigenvalue weighted by atomic mass is 16.5. The lowest BCUT2D eigenvalue weighted by Crippen LogP contribution is -2.56. The molecule has 2 rings (SSSR count). The molecular weight excluding hydrogens is 248 g/mol. The number of rotatable bonds is 4. The Morgan fingerprint density at radius 1 is 1.37 bits per heavy atom. The molecule has 6 heteroatoms. The van der Waals surface area contributed by atoms with Crippen molar-refractivity contribution in [2.24, 2.45) is 5.73 Å². The summed E-state index contributed by atoms with van der Waals surface area (Å²) < 4.78 is 5.10. The van der Waals surface area contributed by atoms with Gasteiger partial charge in [-0.25, -0.2) is 4.79 Å². The van der Waals surface area contributed by atoms with Crippen molar-refractivity contribution in [2.45, 2.75) is 18.0 Å². The number of amides is 1. The number of carbonyl (C=O) groups is 2. The third-order valence-electron chi connectivity index (χ3n) is 3.16. The van der Waals surface area contributed by atoms with Crippen molar-refractivity contribution in [3.63, 3.8) is 0 Å². The second-order valence-electron chi connectivity index (χ2n) is 4.61. The van der Waals surface area contributed by atoms with E-state index < -0.39 is 23.5 Å². The van der Waals surface area contributed by atoms with Crippen LogP contribution in [0.5, 0.6) is 0 Å². The number of hydrogen-bond acceptors (Lipinski definition) is 4. The average molecular weight is 264 g/mol. The van der Waals surface area contributed by atoms with Crippen molar-refractivity contribution < 1.29 is 19.4 Å². The Morgan fingerprint density at radius 3 is 2.58 bits per heavy atom. The van der Waals surface area contributed by atoms with E-state index in [0.29, 0.717) is 18.6 Å². The second kappa shape index (κ2) is 5.38. The van der Waals surface area contributed by atoms with Gasteiger partial charge in [-0.3, -0.25) is 4.79 Å². The Hall–Kier alpha value is -1.92. The highest BCUT2D eigenvalue weighted by Gasteiger charge is 2.40. The van der Waals surface area contributed by atoms with Gasteiger partial charge in [0, 0.05) is 6.61 Å². The van der Waals surface area contributed by atoms with E-state index >= 15 is 0 Å². The minimum absolute atomic E-state index is 0.111. The van der Waals surface area contributed by atoms with E-state index in [9.17, 15) is 14.7 Å². The minimum atomic E-state index is -1.14. The minimum Gasteiger partial charge on any atom is -0.479 e. The molecule has 0 aromatic heterocycles. The molecule has 2 atom stereocenters. The fraction of sp³-hybridized carbons (Fsp3) is 0.385. The Labute approximate surface area is 110 Å². The first-order valence-corrected chi connectivity index (χ1v) is 5.98. The van der Waals surface area contributed by atoms with Crippen molar-refractivity contribution in [2.75, 3.05) is 13.2 Å². The highest BCUT2D eigenvalue weighted by molar-refractivity contribution is 5.90. The first-order chi connectivity index (χ1) is 9.03. The zero-order chi connectivity index (χ0) is 13.9. The van der Waals surface area contributed by atoms with Gasteiger partial charge in [0.05, 0.1) is 6.61 Å². The van der Waals surface area contributed by atoms with Gasteiger partial charge in [-0.2, -0.15) is 0 Å². The van der Waals surface area contributed by atoms with Gasteiger partial charge in [0.2, 0.25) is 5.91 Å². The molecule has 1 aromatic carbocycles. The van der Waals surface area contributed by atoms with E-state index in [2.05, 4.69) is 5.32 Å². The number of nitrogens with one attached hydrogen (secondary N) is 1. The molecule has 0 saturated carbocycles. The van der Waals surface area contributed by atoms with Gasteiger partial charge < -0.3 is 20.9 Å². The van der Waals surface area contributed by atoms with Gasteiger partial charge in [-0.1, -0.05) is 30.3 Å². The molecule has 1 heterocycles. The molecular formula is C13H16N2O4.